The van der Waals surface area contributed by atoms with Crippen LogP contribution in [0.5, 0.6) is 0 Å². The lowest BCUT2D eigenvalue weighted by molar-refractivity contribution is -0.883. The Morgan fingerprint density at radius 3 is 2.63 bits per heavy atom. The number of rotatable bonds is 2. The highest BCUT2D eigenvalue weighted by Crippen LogP contribution is 2.33. The number of quaternary nitrogens is 1. The summed E-state index contributed by atoms with van der Waals surface area (Å²) >= 11 is 1.28. The van der Waals surface area contributed by atoms with E-state index in [2.05, 4.69) is 15.1 Å². The molecule has 0 aliphatic carbocycles. The van der Waals surface area contributed by atoms with Crippen LogP contribution in [0.4, 0.5) is 13.2 Å². The van der Waals surface area contributed by atoms with Crippen molar-refractivity contribution >= 4 is 23.0 Å². The summed E-state index contributed by atoms with van der Waals surface area (Å²) in [7, 11) is 2.02. The lowest BCUT2D eigenvalue weighted by Crippen LogP contribution is -3.12. The summed E-state index contributed by atoms with van der Waals surface area (Å²) in [6.45, 7) is 2.57. The first-order chi connectivity index (χ1) is 12.8. The molecular formula is C16H16F3N6OS+. The molecule has 142 valence electrons. The number of nitrogens with zero attached hydrogens (tertiary/aromatic N) is 5. The maximum absolute atomic E-state index is 13.5. The molecule has 0 spiro atoms. The summed E-state index contributed by atoms with van der Waals surface area (Å²) in [5.74, 6) is -0.981. The molecule has 0 radical (unpaired) electrons. The van der Waals surface area contributed by atoms with Crippen LogP contribution in [-0.4, -0.2) is 63.6 Å². The van der Waals surface area contributed by atoms with Gasteiger partial charge in [0.1, 0.15) is 0 Å². The van der Waals surface area contributed by atoms with E-state index in [4.69, 9.17) is 0 Å². The maximum atomic E-state index is 13.5. The van der Waals surface area contributed by atoms with E-state index in [9.17, 15) is 18.0 Å². The monoisotopic (exact) mass is 397 g/mol. The third-order valence-corrected chi connectivity index (χ3v) is 5.36. The number of carbonyl (C=O) groups is 1. The normalized spacial score (nSPS) is 16.2. The van der Waals surface area contributed by atoms with E-state index >= 15 is 0 Å². The summed E-state index contributed by atoms with van der Waals surface area (Å²) < 4.78 is 41.2. The number of nitrogens with one attached hydrogen (secondary N) is 1. The molecule has 0 aromatic carbocycles. The molecule has 11 heteroatoms. The second kappa shape index (κ2) is 6.57. The Morgan fingerprint density at radius 1 is 1.26 bits per heavy atom. The molecule has 1 N–H and O–H groups in total. The number of hydrogen-bond acceptors (Lipinski definition) is 5. The Labute approximate surface area is 156 Å². The topological polar surface area (TPSA) is 67.8 Å². The summed E-state index contributed by atoms with van der Waals surface area (Å²) in [5.41, 5.74) is -0.857. The Balaban J connectivity index is 1.77. The van der Waals surface area contributed by atoms with Gasteiger partial charge < -0.3 is 9.80 Å². The van der Waals surface area contributed by atoms with Gasteiger partial charge in [0.15, 0.2) is 5.69 Å². The van der Waals surface area contributed by atoms with Crippen molar-refractivity contribution in [2.24, 2.45) is 0 Å². The Kier molecular flexibility index (Phi) is 4.35. The molecule has 1 fully saturated rings. The zero-order valence-corrected chi connectivity index (χ0v) is 15.1. The summed E-state index contributed by atoms with van der Waals surface area (Å²) in [5, 5.41) is 5.58. The first-order valence-electron chi connectivity index (χ1n) is 8.32. The van der Waals surface area contributed by atoms with Crippen LogP contribution >= 0.6 is 11.3 Å². The third kappa shape index (κ3) is 3.39. The van der Waals surface area contributed by atoms with Crippen molar-refractivity contribution in [1.82, 2.24) is 24.5 Å². The van der Waals surface area contributed by atoms with Gasteiger partial charge in [-0.2, -0.15) is 22.7 Å². The third-order valence-electron chi connectivity index (χ3n) is 4.47. The second-order valence-electron chi connectivity index (χ2n) is 6.40. The van der Waals surface area contributed by atoms with Crippen LogP contribution in [0.1, 0.15) is 16.3 Å². The van der Waals surface area contributed by atoms with E-state index in [1.165, 1.54) is 16.2 Å². The molecule has 0 bridgehead atoms. The van der Waals surface area contributed by atoms with Crippen LogP contribution in [0.2, 0.25) is 0 Å². The van der Waals surface area contributed by atoms with Crippen molar-refractivity contribution < 1.29 is 22.9 Å². The molecule has 7 nitrogen and oxygen atoms in total. The first kappa shape index (κ1) is 17.9. The quantitative estimate of drug-likeness (QED) is 0.696. The number of fused-ring (bicyclic) bond motifs is 1. The van der Waals surface area contributed by atoms with Gasteiger partial charge in [-0.25, -0.2) is 4.98 Å². The summed E-state index contributed by atoms with van der Waals surface area (Å²) in [6, 6.07) is 4.34. The average Bonchev–Trinajstić information content (AvgIpc) is 3.29. The number of likely N-dealkylation sites (N-methyl/N-ethyl adjacent to an activating group) is 1. The van der Waals surface area contributed by atoms with Crippen molar-refractivity contribution in [2.45, 2.75) is 6.18 Å². The fourth-order valence-electron chi connectivity index (χ4n) is 2.94. The van der Waals surface area contributed by atoms with Gasteiger partial charge in [-0.15, -0.1) is 16.4 Å². The van der Waals surface area contributed by atoms with Crippen LogP contribution in [0.3, 0.4) is 0 Å². The van der Waals surface area contributed by atoms with Gasteiger partial charge in [-0.1, -0.05) is 6.07 Å². The van der Waals surface area contributed by atoms with Crippen molar-refractivity contribution in [3.05, 3.63) is 35.1 Å². The van der Waals surface area contributed by atoms with Gasteiger partial charge in [0.05, 0.1) is 43.8 Å². The molecule has 4 rings (SSSR count). The van der Waals surface area contributed by atoms with Gasteiger partial charge in [-0.3, -0.25) is 4.79 Å². The SMILES string of the molecule is C[NH+]1CCN(C(=O)c2nc3nc(-c4cccs4)cc(C(F)(F)F)n3n2)CC1. The molecule has 1 aliphatic rings. The first-order valence-corrected chi connectivity index (χ1v) is 9.20. The Bertz CT molecular complexity index is 976. The maximum Gasteiger partial charge on any atom is 0.433 e. The minimum atomic E-state index is -4.65. The van der Waals surface area contributed by atoms with Crippen molar-refractivity contribution in [1.29, 1.82) is 0 Å². The zero-order valence-electron chi connectivity index (χ0n) is 14.3. The molecule has 0 atom stereocenters. The number of thiophene rings is 1. The number of alkyl halides is 3. The Hall–Kier alpha value is -2.53. The van der Waals surface area contributed by atoms with E-state index in [0.717, 1.165) is 19.2 Å². The standard InChI is InChI=1S/C16H15F3N6OS/c1-23-4-6-24(7-5-23)14(26)13-21-15-20-10(11-3-2-8-27-11)9-12(16(17,18)19)25(15)22-13/h2-3,8-9H,4-7H2,1H3/p+1. The van der Waals surface area contributed by atoms with E-state index in [1.54, 1.807) is 22.4 Å². The lowest BCUT2D eigenvalue weighted by atomic mass is 10.3. The predicted octanol–water partition coefficient (Wildman–Crippen LogP) is 0.842. The van der Waals surface area contributed by atoms with Crippen LogP contribution in [0.25, 0.3) is 16.3 Å². The van der Waals surface area contributed by atoms with Crippen molar-refractivity contribution in [3.63, 3.8) is 0 Å². The molecule has 0 saturated carbocycles. The number of amides is 1. The van der Waals surface area contributed by atoms with Crippen LogP contribution in [-0.2, 0) is 6.18 Å². The van der Waals surface area contributed by atoms with Crippen LogP contribution in [0.15, 0.2) is 23.6 Å². The van der Waals surface area contributed by atoms with E-state index in [1.807, 2.05) is 7.05 Å². The largest absolute Gasteiger partial charge is 0.433 e. The van der Waals surface area contributed by atoms with Crippen LogP contribution in [0, 0.1) is 0 Å². The molecule has 3 aromatic rings. The molecule has 1 aliphatic heterocycles. The summed E-state index contributed by atoms with van der Waals surface area (Å²) in [4.78, 5) is 24.2. The van der Waals surface area contributed by atoms with E-state index < -0.39 is 17.8 Å². The molecule has 0 unspecified atom stereocenters. The lowest BCUT2D eigenvalue weighted by Gasteiger charge is -2.29. The summed E-state index contributed by atoms with van der Waals surface area (Å²) in [6.07, 6.45) is -4.65. The van der Waals surface area contributed by atoms with E-state index in [0.29, 0.717) is 22.5 Å². The van der Waals surface area contributed by atoms with Gasteiger partial charge in [0.2, 0.25) is 5.82 Å². The molecule has 1 saturated heterocycles. The predicted molar refractivity (Wildman–Crippen MR) is 91.6 cm³/mol. The fraction of sp³-hybridized carbons (Fsp3) is 0.375. The van der Waals surface area contributed by atoms with Crippen molar-refractivity contribution in [3.8, 4) is 10.6 Å². The highest BCUT2D eigenvalue weighted by molar-refractivity contribution is 7.13. The van der Waals surface area contributed by atoms with Gasteiger partial charge in [0.25, 0.3) is 11.7 Å². The number of hydrogen-bond donors (Lipinski definition) is 1. The van der Waals surface area contributed by atoms with Crippen molar-refractivity contribution in [2.75, 3.05) is 33.2 Å². The number of piperazine rings is 1. The van der Waals surface area contributed by atoms with Crippen LogP contribution < -0.4 is 4.90 Å². The van der Waals surface area contributed by atoms with Gasteiger partial charge in [-0.05, 0) is 17.5 Å². The Morgan fingerprint density at radius 2 is 2.00 bits per heavy atom. The smallest absolute Gasteiger partial charge is 0.334 e. The molecule has 4 heterocycles. The van der Waals surface area contributed by atoms with E-state index in [-0.39, 0.29) is 17.3 Å². The second-order valence-corrected chi connectivity index (χ2v) is 7.35. The number of aromatic nitrogens is 4. The zero-order chi connectivity index (χ0) is 19.2. The fourth-order valence-corrected chi connectivity index (χ4v) is 3.63. The molecule has 1 amide bonds. The van der Waals surface area contributed by atoms with Gasteiger partial charge in [0, 0.05) is 0 Å². The minimum Gasteiger partial charge on any atom is -0.334 e. The highest BCUT2D eigenvalue weighted by atomic mass is 32.1. The molecular weight excluding hydrogens is 381 g/mol. The highest BCUT2D eigenvalue weighted by Gasteiger charge is 2.36. The minimum absolute atomic E-state index is 0.152. The number of carbonyl (C=O) groups excluding carboxylic acids is 1. The molecule has 3 aromatic heterocycles. The van der Waals surface area contributed by atoms with Gasteiger partial charge >= 0.3 is 6.18 Å². The molecule has 27 heavy (non-hydrogen) atoms. The number of halogens is 3. The average molecular weight is 397 g/mol.